The number of hydrogen-bond donors (Lipinski definition) is 1. The zero-order valence-corrected chi connectivity index (χ0v) is 6.81. The summed E-state index contributed by atoms with van der Waals surface area (Å²) in [4.78, 5) is 0. The third-order valence-electron chi connectivity index (χ3n) is 1.40. The van der Waals surface area contributed by atoms with Gasteiger partial charge < -0.3 is 0 Å². The molecule has 9 heavy (non-hydrogen) atoms. The molecule has 0 spiro atoms. The molecule has 2 heteroatoms. The van der Waals surface area contributed by atoms with Crippen LogP contribution in [-0.4, -0.2) is 30.5 Å². The van der Waals surface area contributed by atoms with Crippen molar-refractivity contribution < 1.29 is 4.58 Å². The Morgan fingerprint density at radius 3 is 2.22 bits per heavy atom. The van der Waals surface area contributed by atoms with E-state index in [0.29, 0.717) is 6.04 Å². The molecule has 1 rings (SSSR count). The van der Waals surface area contributed by atoms with Gasteiger partial charge in [0.1, 0.15) is 12.6 Å². The largest absolute Gasteiger partial charge is 0.277 e. The van der Waals surface area contributed by atoms with Crippen molar-refractivity contribution in [2.24, 2.45) is 0 Å². The maximum Gasteiger partial charge on any atom is 0.232 e. The highest BCUT2D eigenvalue weighted by molar-refractivity contribution is 5.49. The predicted molar refractivity (Wildman–Crippen MR) is 41.1 cm³/mol. The lowest BCUT2D eigenvalue weighted by Crippen LogP contribution is -2.17. The number of nitrogens with zero attached hydrogens (tertiary/aromatic N) is 1. The van der Waals surface area contributed by atoms with Crippen LogP contribution in [0.5, 0.6) is 0 Å². The van der Waals surface area contributed by atoms with Gasteiger partial charge in [0.15, 0.2) is 0 Å². The van der Waals surface area contributed by atoms with E-state index in [2.05, 4.69) is 23.9 Å². The summed E-state index contributed by atoms with van der Waals surface area (Å²) in [7, 11) is 2.07. The van der Waals surface area contributed by atoms with Crippen LogP contribution in [0.4, 0.5) is 0 Å². The Kier molecular flexibility index (Phi) is 4.10. The van der Waals surface area contributed by atoms with Crippen molar-refractivity contribution in [3.05, 3.63) is 0 Å². The highest BCUT2D eigenvalue weighted by Crippen LogP contribution is 1.86. The minimum atomic E-state index is 0.681. The number of rotatable bonds is 0. The maximum atomic E-state index is 3.12. The van der Waals surface area contributed by atoms with E-state index >= 15 is 0 Å². The zero-order chi connectivity index (χ0) is 7.28. The lowest BCUT2D eigenvalue weighted by Gasteiger charge is -1.95. The minimum Gasteiger partial charge on any atom is -0.277 e. The first-order valence-electron chi connectivity index (χ1n) is 3.59. The summed E-state index contributed by atoms with van der Waals surface area (Å²) in [6.07, 6.45) is 2.00. The van der Waals surface area contributed by atoms with Crippen LogP contribution in [0, 0.1) is 0 Å². The van der Waals surface area contributed by atoms with Gasteiger partial charge in [0, 0.05) is 0 Å². The summed E-state index contributed by atoms with van der Waals surface area (Å²) in [5.74, 6) is 0. The highest BCUT2D eigenvalue weighted by Gasteiger charge is 2.13. The summed E-state index contributed by atoms with van der Waals surface area (Å²) >= 11 is 0. The molecule has 0 aliphatic carbocycles. The molecule has 0 aromatic carbocycles. The number of hydrogen-bond acceptors (Lipinski definition) is 1. The van der Waals surface area contributed by atoms with Gasteiger partial charge in [-0.25, -0.2) is 0 Å². The van der Waals surface area contributed by atoms with Crippen LogP contribution in [0.15, 0.2) is 0 Å². The van der Waals surface area contributed by atoms with Gasteiger partial charge in [0.2, 0.25) is 6.34 Å². The molecule has 1 N–H and O–H groups in total. The van der Waals surface area contributed by atoms with E-state index < -0.39 is 0 Å². The predicted octanol–water partition coefficient (Wildman–Crippen LogP) is 0.675. The second-order valence-electron chi connectivity index (χ2n) is 2.05. The van der Waals surface area contributed by atoms with Crippen molar-refractivity contribution in [3.8, 4) is 0 Å². The molecule has 0 saturated carbocycles. The average Bonchev–Trinajstić information content (AvgIpc) is 2.23. The molecular weight excluding hydrogens is 112 g/mol. The van der Waals surface area contributed by atoms with Gasteiger partial charge in [0.05, 0.1) is 7.05 Å². The highest BCUT2D eigenvalue weighted by atomic mass is 15.2. The molecule has 1 heterocycles. The van der Waals surface area contributed by atoms with Gasteiger partial charge in [-0.05, 0) is 6.92 Å². The Morgan fingerprint density at radius 2 is 2.11 bits per heavy atom. The molecule has 0 saturated heterocycles. The molecule has 0 radical (unpaired) electrons. The summed E-state index contributed by atoms with van der Waals surface area (Å²) in [5.41, 5.74) is 0. The molecule has 0 bridgehead atoms. The molecule has 0 aromatic rings. The lowest BCUT2D eigenvalue weighted by atomic mass is 10.4. The van der Waals surface area contributed by atoms with Crippen molar-refractivity contribution >= 4 is 6.34 Å². The van der Waals surface area contributed by atoms with Crippen molar-refractivity contribution in [1.82, 2.24) is 5.32 Å². The molecule has 0 fully saturated rings. The minimum absolute atomic E-state index is 0.681. The molecule has 1 unspecified atom stereocenters. The van der Waals surface area contributed by atoms with E-state index in [9.17, 15) is 0 Å². The quantitative estimate of drug-likeness (QED) is 0.475. The fourth-order valence-electron chi connectivity index (χ4n) is 0.638. The molecule has 1 aliphatic rings. The first-order chi connectivity index (χ1) is 4.30. The second kappa shape index (κ2) is 4.36. The zero-order valence-electron chi connectivity index (χ0n) is 6.81. The van der Waals surface area contributed by atoms with Crippen LogP contribution >= 0.6 is 0 Å². The van der Waals surface area contributed by atoms with E-state index in [1.165, 1.54) is 0 Å². The lowest BCUT2D eigenvalue weighted by molar-refractivity contribution is -0.518. The average molecular weight is 129 g/mol. The summed E-state index contributed by atoms with van der Waals surface area (Å²) < 4.78 is 2.17. The first kappa shape index (κ1) is 8.47. The van der Waals surface area contributed by atoms with E-state index in [-0.39, 0.29) is 0 Å². The fourth-order valence-corrected chi connectivity index (χ4v) is 0.638. The van der Waals surface area contributed by atoms with Crippen LogP contribution in [0.2, 0.25) is 0 Å². The number of likely N-dealkylation sites (N-methyl/N-ethyl adjacent to an activating group) is 1. The fraction of sp³-hybridized carbons (Fsp3) is 0.857. The Balaban J connectivity index is 0.000000291. The summed E-state index contributed by atoms with van der Waals surface area (Å²) in [6, 6.07) is 0.681. The molecule has 1 atom stereocenters. The van der Waals surface area contributed by atoms with Gasteiger partial charge in [0.25, 0.3) is 0 Å². The molecule has 0 amide bonds. The van der Waals surface area contributed by atoms with Crippen LogP contribution in [0.1, 0.15) is 20.8 Å². The molecule has 0 aromatic heterocycles. The van der Waals surface area contributed by atoms with Crippen LogP contribution < -0.4 is 5.32 Å². The smallest absolute Gasteiger partial charge is 0.232 e. The third-order valence-corrected chi connectivity index (χ3v) is 1.40. The molecular formula is C7H17N2+. The van der Waals surface area contributed by atoms with Gasteiger partial charge in [-0.1, -0.05) is 13.8 Å². The van der Waals surface area contributed by atoms with Crippen molar-refractivity contribution in [1.29, 1.82) is 0 Å². The van der Waals surface area contributed by atoms with Gasteiger partial charge in [-0.3, -0.25) is 9.89 Å². The van der Waals surface area contributed by atoms with Crippen molar-refractivity contribution in [3.63, 3.8) is 0 Å². The van der Waals surface area contributed by atoms with Crippen LogP contribution in [0.25, 0.3) is 0 Å². The molecule has 1 aliphatic heterocycles. The monoisotopic (exact) mass is 129 g/mol. The van der Waals surface area contributed by atoms with Crippen molar-refractivity contribution in [2.75, 3.05) is 13.6 Å². The topological polar surface area (TPSA) is 15.0 Å². The standard InChI is InChI=1S/C5H10N2.C2H6/c1-5-3-6-4-7(5)2;1-2/h4-5H,3H2,1-2H3;1-2H3/p+1. The van der Waals surface area contributed by atoms with E-state index in [1.807, 2.05) is 20.2 Å². The van der Waals surface area contributed by atoms with Gasteiger partial charge >= 0.3 is 0 Å². The third kappa shape index (κ3) is 2.49. The summed E-state index contributed by atoms with van der Waals surface area (Å²) in [5, 5.41) is 3.12. The van der Waals surface area contributed by atoms with E-state index in [0.717, 1.165) is 6.54 Å². The van der Waals surface area contributed by atoms with E-state index in [1.54, 1.807) is 0 Å². The Labute approximate surface area is 57.6 Å². The second-order valence-corrected chi connectivity index (χ2v) is 2.05. The molecule has 54 valence electrons. The Hall–Kier alpha value is -0.530. The van der Waals surface area contributed by atoms with Crippen LogP contribution in [0.3, 0.4) is 0 Å². The normalized spacial score (nSPS) is 23.6. The SMILES string of the molecule is CC.CC1CNC=[N+]1C. The maximum absolute atomic E-state index is 3.12. The first-order valence-corrected chi connectivity index (χ1v) is 3.59. The van der Waals surface area contributed by atoms with Crippen LogP contribution in [-0.2, 0) is 0 Å². The molecule has 2 nitrogen and oxygen atoms in total. The number of nitrogens with one attached hydrogen (secondary N) is 1. The Bertz CT molecular complexity index is 97.1. The Morgan fingerprint density at radius 1 is 1.56 bits per heavy atom. The van der Waals surface area contributed by atoms with Crippen molar-refractivity contribution in [2.45, 2.75) is 26.8 Å². The van der Waals surface area contributed by atoms with Gasteiger partial charge in [-0.2, -0.15) is 0 Å². The van der Waals surface area contributed by atoms with E-state index in [4.69, 9.17) is 0 Å². The van der Waals surface area contributed by atoms with Gasteiger partial charge in [-0.15, -0.1) is 0 Å². The summed E-state index contributed by atoms with van der Waals surface area (Å²) in [6.45, 7) is 7.28.